The van der Waals surface area contributed by atoms with Gasteiger partial charge in [-0.25, -0.2) is 9.78 Å². The Hall–Kier alpha value is -1.63. The fraction of sp³-hybridized carbons (Fsp3) is 0.273. The van der Waals surface area contributed by atoms with Gasteiger partial charge in [-0.05, 0) is 30.8 Å². The van der Waals surface area contributed by atoms with E-state index in [0.29, 0.717) is 11.0 Å². The number of H-pyrrole nitrogens is 1. The van der Waals surface area contributed by atoms with Crippen molar-refractivity contribution < 1.29 is 18.3 Å². The van der Waals surface area contributed by atoms with Crippen LogP contribution in [0.2, 0.25) is 0 Å². The molecule has 4 nitrogen and oxygen atoms in total. The highest BCUT2D eigenvalue weighted by molar-refractivity contribution is 8.00. The van der Waals surface area contributed by atoms with E-state index < -0.39 is 11.2 Å². The highest BCUT2D eigenvalue weighted by atomic mass is 32.2. The van der Waals surface area contributed by atoms with E-state index in [0.717, 1.165) is 0 Å². The highest BCUT2D eigenvalue weighted by Crippen LogP contribution is 2.36. The summed E-state index contributed by atoms with van der Waals surface area (Å²) in [5, 5.41) is -3.67. The van der Waals surface area contributed by atoms with Crippen LogP contribution in [0.4, 0.5) is 8.78 Å². The first kappa shape index (κ1) is 12.8. The number of carbonyl (C=O) groups is 1. The Morgan fingerprint density at radius 1 is 1.50 bits per heavy atom. The van der Waals surface area contributed by atoms with Gasteiger partial charge in [0.1, 0.15) is 0 Å². The van der Waals surface area contributed by atoms with E-state index in [-0.39, 0.29) is 23.5 Å². The number of fused-ring (bicyclic) bond motifs is 1. The average Bonchev–Trinajstić information content (AvgIpc) is 2.70. The van der Waals surface area contributed by atoms with Gasteiger partial charge in [0.25, 0.3) is 0 Å². The Morgan fingerprint density at radius 2 is 2.22 bits per heavy atom. The van der Waals surface area contributed by atoms with Crippen LogP contribution in [0, 0.1) is 0 Å². The lowest BCUT2D eigenvalue weighted by Crippen LogP contribution is -2.27. The van der Waals surface area contributed by atoms with Crippen molar-refractivity contribution in [2.75, 3.05) is 6.61 Å². The molecule has 0 spiro atoms. The van der Waals surface area contributed by atoms with Crippen molar-refractivity contribution in [3.63, 3.8) is 0 Å². The topological polar surface area (TPSA) is 55.0 Å². The number of nitrogens with one attached hydrogen (secondary N) is 1. The quantitative estimate of drug-likeness (QED) is 0.687. The zero-order valence-corrected chi connectivity index (χ0v) is 10.3. The second kappa shape index (κ2) is 4.93. The molecule has 2 aromatic rings. The standard InChI is InChI=1S/C11H10F2N2O2S/c1-2-17-9(16)11(12,13)18-10-14-7-5-3-4-6-8(7)15-10/h3-6H,2H2,1H3,(H,14,15). The van der Waals surface area contributed by atoms with Crippen molar-refractivity contribution in [1.82, 2.24) is 9.97 Å². The van der Waals surface area contributed by atoms with Gasteiger partial charge in [-0.2, -0.15) is 8.78 Å². The van der Waals surface area contributed by atoms with E-state index in [4.69, 9.17) is 0 Å². The minimum Gasteiger partial charge on any atom is -0.461 e. The van der Waals surface area contributed by atoms with E-state index in [2.05, 4.69) is 14.7 Å². The van der Waals surface area contributed by atoms with E-state index in [1.165, 1.54) is 6.92 Å². The van der Waals surface area contributed by atoms with E-state index >= 15 is 0 Å². The van der Waals surface area contributed by atoms with Crippen molar-refractivity contribution >= 4 is 28.8 Å². The summed E-state index contributed by atoms with van der Waals surface area (Å²) in [6.07, 6.45) is 0. The first-order chi connectivity index (χ1) is 8.53. The van der Waals surface area contributed by atoms with Crippen LogP contribution in [-0.4, -0.2) is 27.8 Å². The van der Waals surface area contributed by atoms with Gasteiger partial charge in [-0.1, -0.05) is 12.1 Å². The van der Waals surface area contributed by atoms with Crippen LogP contribution >= 0.6 is 11.8 Å². The summed E-state index contributed by atoms with van der Waals surface area (Å²) in [6, 6.07) is 6.92. The number of imidazole rings is 1. The molecule has 96 valence electrons. The molecule has 1 N–H and O–H groups in total. The molecule has 0 radical (unpaired) electrons. The smallest absolute Gasteiger partial charge is 0.395 e. The maximum atomic E-state index is 13.4. The molecule has 0 saturated carbocycles. The third-order valence-corrected chi connectivity index (χ3v) is 2.92. The Morgan fingerprint density at radius 3 is 2.89 bits per heavy atom. The first-order valence-corrected chi connectivity index (χ1v) is 6.03. The van der Waals surface area contributed by atoms with Crippen LogP contribution in [0.15, 0.2) is 29.4 Å². The lowest BCUT2D eigenvalue weighted by Gasteiger charge is -2.11. The number of nitrogens with zero attached hydrogens (tertiary/aromatic N) is 1. The number of thioether (sulfide) groups is 1. The molecule has 0 saturated heterocycles. The minimum atomic E-state index is -3.65. The third kappa shape index (κ3) is 2.61. The lowest BCUT2D eigenvalue weighted by atomic mass is 10.3. The molecule has 0 aliphatic heterocycles. The number of para-hydroxylation sites is 2. The summed E-state index contributed by atoms with van der Waals surface area (Å²) in [5.41, 5.74) is 1.21. The number of esters is 1. The molecule has 7 heteroatoms. The molecular formula is C11H10F2N2O2S. The van der Waals surface area contributed by atoms with Gasteiger partial charge >= 0.3 is 11.2 Å². The van der Waals surface area contributed by atoms with Crippen molar-refractivity contribution in [2.24, 2.45) is 0 Å². The van der Waals surface area contributed by atoms with Crippen molar-refractivity contribution in [3.05, 3.63) is 24.3 Å². The predicted molar refractivity (Wildman–Crippen MR) is 63.5 cm³/mol. The summed E-state index contributed by atoms with van der Waals surface area (Å²) in [5.74, 6) is -1.56. The molecule has 0 amide bonds. The highest BCUT2D eigenvalue weighted by Gasteiger charge is 2.43. The molecule has 0 bridgehead atoms. The number of aromatic amines is 1. The summed E-state index contributed by atoms with van der Waals surface area (Å²) >= 11 is 0.0451. The Balaban J connectivity index is 2.20. The fourth-order valence-electron chi connectivity index (χ4n) is 1.36. The van der Waals surface area contributed by atoms with Crippen LogP contribution in [0.1, 0.15) is 6.92 Å². The van der Waals surface area contributed by atoms with Gasteiger partial charge in [0.05, 0.1) is 17.6 Å². The molecule has 0 fully saturated rings. The van der Waals surface area contributed by atoms with Crippen molar-refractivity contribution in [1.29, 1.82) is 0 Å². The normalized spacial score (nSPS) is 11.7. The first-order valence-electron chi connectivity index (χ1n) is 5.21. The van der Waals surface area contributed by atoms with Gasteiger partial charge in [0, 0.05) is 0 Å². The summed E-state index contributed by atoms with van der Waals surface area (Å²) in [7, 11) is 0. The number of benzene rings is 1. The number of carbonyl (C=O) groups excluding carboxylic acids is 1. The van der Waals surface area contributed by atoms with Gasteiger partial charge < -0.3 is 9.72 Å². The van der Waals surface area contributed by atoms with Crippen molar-refractivity contribution in [2.45, 2.75) is 17.3 Å². The number of hydrogen-bond acceptors (Lipinski definition) is 4. The number of aromatic nitrogens is 2. The lowest BCUT2D eigenvalue weighted by molar-refractivity contribution is -0.159. The minimum absolute atomic E-state index is 0.0192. The van der Waals surface area contributed by atoms with Crippen LogP contribution in [0.5, 0.6) is 0 Å². The van der Waals surface area contributed by atoms with Gasteiger partial charge in [-0.3, -0.25) is 0 Å². The zero-order chi connectivity index (χ0) is 13.2. The number of ether oxygens (including phenoxy) is 1. The summed E-state index contributed by atoms with van der Waals surface area (Å²) in [4.78, 5) is 17.7. The van der Waals surface area contributed by atoms with Gasteiger partial charge in [-0.15, -0.1) is 0 Å². The fourth-order valence-corrected chi connectivity index (χ4v) is 2.05. The molecule has 1 aromatic heterocycles. The largest absolute Gasteiger partial charge is 0.461 e. The molecule has 0 atom stereocenters. The SMILES string of the molecule is CCOC(=O)C(F)(F)Sc1nc2ccccc2[nH]1. The monoisotopic (exact) mass is 272 g/mol. The molecule has 18 heavy (non-hydrogen) atoms. The Bertz CT molecular complexity index is 538. The Kier molecular flexibility index (Phi) is 3.51. The van der Waals surface area contributed by atoms with Crippen LogP contribution in [-0.2, 0) is 9.53 Å². The molecule has 0 aliphatic carbocycles. The molecule has 0 unspecified atom stereocenters. The number of alkyl halides is 2. The predicted octanol–water partition coefficient (Wildman–Crippen LogP) is 2.81. The van der Waals surface area contributed by atoms with Crippen molar-refractivity contribution in [3.8, 4) is 0 Å². The number of rotatable bonds is 4. The van der Waals surface area contributed by atoms with E-state index in [1.807, 2.05) is 0 Å². The van der Waals surface area contributed by atoms with Crippen LogP contribution < -0.4 is 0 Å². The maximum absolute atomic E-state index is 13.4. The molecule has 2 rings (SSSR count). The van der Waals surface area contributed by atoms with E-state index in [9.17, 15) is 13.6 Å². The molecule has 1 heterocycles. The summed E-state index contributed by atoms with van der Waals surface area (Å²) < 4.78 is 31.2. The van der Waals surface area contributed by atoms with Crippen LogP contribution in [0.3, 0.4) is 0 Å². The second-order valence-corrected chi connectivity index (χ2v) is 4.50. The van der Waals surface area contributed by atoms with Crippen LogP contribution in [0.25, 0.3) is 11.0 Å². The molecular weight excluding hydrogens is 262 g/mol. The molecule has 0 aliphatic rings. The Labute approximate surface area is 106 Å². The van der Waals surface area contributed by atoms with Gasteiger partial charge in [0.2, 0.25) is 0 Å². The maximum Gasteiger partial charge on any atom is 0.395 e. The second-order valence-electron chi connectivity index (χ2n) is 3.40. The average molecular weight is 272 g/mol. The molecule has 1 aromatic carbocycles. The summed E-state index contributed by atoms with van der Waals surface area (Å²) in [6.45, 7) is 1.38. The van der Waals surface area contributed by atoms with E-state index in [1.54, 1.807) is 24.3 Å². The zero-order valence-electron chi connectivity index (χ0n) is 9.44. The third-order valence-electron chi connectivity index (χ3n) is 2.11. The number of halogens is 2. The number of hydrogen-bond donors (Lipinski definition) is 1. The van der Waals surface area contributed by atoms with Gasteiger partial charge in [0.15, 0.2) is 5.16 Å².